The third kappa shape index (κ3) is 1.39. The van der Waals surface area contributed by atoms with Gasteiger partial charge in [0.05, 0.1) is 18.6 Å². The fourth-order valence-electron chi connectivity index (χ4n) is 5.11. The average molecular weight is 296 g/mol. The molecule has 0 radical (unpaired) electrons. The maximum atomic E-state index is 12.1. The number of cyclic esters (lactones) is 1. The number of ether oxygens (including phenoxy) is 1. The van der Waals surface area contributed by atoms with Gasteiger partial charge in [0.25, 0.3) is 0 Å². The van der Waals surface area contributed by atoms with E-state index in [1.807, 2.05) is 0 Å². The van der Waals surface area contributed by atoms with E-state index >= 15 is 0 Å². The van der Waals surface area contributed by atoms with Crippen LogP contribution in [0.2, 0.25) is 0 Å². The fraction of sp³-hybridized carbons (Fsp3) is 0.500. The number of carbonyl (C=O) groups excluding carboxylic acids is 1. The molecule has 114 valence electrons. The lowest BCUT2D eigenvalue weighted by Crippen LogP contribution is -2.53. The number of fused-ring (bicyclic) bond motifs is 8. The predicted octanol–water partition coefficient (Wildman–Crippen LogP) is 2.27. The Kier molecular flexibility index (Phi) is 2.39. The minimum atomic E-state index is 0.0234. The molecule has 0 N–H and O–H groups in total. The van der Waals surface area contributed by atoms with Gasteiger partial charge in [-0.15, -0.1) is 0 Å². The van der Waals surface area contributed by atoms with E-state index in [4.69, 9.17) is 4.74 Å². The molecular formula is C18H20N2O2. The highest BCUT2D eigenvalue weighted by atomic mass is 16.5. The van der Waals surface area contributed by atoms with Crippen molar-refractivity contribution in [2.45, 2.75) is 24.9 Å². The summed E-state index contributed by atoms with van der Waals surface area (Å²) in [5, 5.41) is 1.38. The number of aryl methyl sites for hydroxylation is 1. The van der Waals surface area contributed by atoms with E-state index in [0.717, 1.165) is 12.8 Å². The van der Waals surface area contributed by atoms with Crippen molar-refractivity contribution >= 4 is 16.9 Å². The van der Waals surface area contributed by atoms with Crippen molar-refractivity contribution in [1.82, 2.24) is 9.47 Å². The molecule has 4 atom stereocenters. The van der Waals surface area contributed by atoms with Crippen LogP contribution < -0.4 is 0 Å². The lowest BCUT2D eigenvalue weighted by molar-refractivity contribution is -0.142. The summed E-state index contributed by atoms with van der Waals surface area (Å²) in [6, 6.07) is 9.43. The molecule has 0 unspecified atom stereocenters. The van der Waals surface area contributed by atoms with Gasteiger partial charge >= 0.3 is 5.97 Å². The van der Waals surface area contributed by atoms with E-state index in [-0.39, 0.29) is 11.9 Å². The Labute approximate surface area is 129 Å². The molecule has 1 aromatic heterocycles. The molecule has 0 aliphatic carbocycles. The molecule has 0 amide bonds. The molecule has 0 spiro atoms. The summed E-state index contributed by atoms with van der Waals surface area (Å²) in [7, 11) is 4.38. The van der Waals surface area contributed by atoms with Crippen molar-refractivity contribution in [1.29, 1.82) is 0 Å². The summed E-state index contributed by atoms with van der Waals surface area (Å²) >= 11 is 0. The molecule has 5 rings (SSSR count). The van der Waals surface area contributed by atoms with E-state index in [1.54, 1.807) is 0 Å². The van der Waals surface area contributed by atoms with Crippen LogP contribution >= 0.6 is 0 Å². The highest BCUT2D eigenvalue weighted by Crippen LogP contribution is 2.50. The Morgan fingerprint density at radius 2 is 2.05 bits per heavy atom. The molecule has 0 saturated carbocycles. The zero-order valence-electron chi connectivity index (χ0n) is 13.0. The minimum absolute atomic E-state index is 0.0234. The number of carbonyl (C=O) groups is 1. The van der Waals surface area contributed by atoms with Crippen LogP contribution in [0.3, 0.4) is 0 Å². The van der Waals surface area contributed by atoms with Crippen LogP contribution in [0.15, 0.2) is 24.3 Å². The van der Waals surface area contributed by atoms with Crippen molar-refractivity contribution in [3.63, 3.8) is 0 Å². The minimum Gasteiger partial charge on any atom is -0.465 e. The first-order valence-electron chi connectivity index (χ1n) is 8.11. The largest absolute Gasteiger partial charge is 0.465 e. The highest BCUT2D eigenvalue weighted by molar-refractivity contribution is 5.86. The van der Waals surface area contributed by atoms with Gasteiger partial charge in [-0.05, 0) is 31.5 Å². The number of esters is 1. The smallest absolute Gasteiger partial charge is 0.309 e. The quantitative estimate of drug-likeness (QED) is 0.700. The maximum absolute atomic E-state index is 12.1. The first-order chi connectivity index (χ1) is 10.7. The van der Waals surface area contributed by atoms with Crippen LogP contribution in [0.4, 0.5) is 0 Å². The molecule has 1 aromatic carbocycles. The van der Waals surface area contributed by atoms with Gasteiger partial charge in [-0.25, -0.2) is 0 Å². The molecule has 2 saturated heterocycles. The number of nitrogens with zero attached hydrogens (tertiary/aromatic N) is 2. The van der Waals surface area contributed by atoms with Gasteiger partial charge in [0.15, 0.2) is 0 Å². The Morgan fingerprint density at radius 1 is 1.23 bits per heavy atom. The third-order valence-electron chi connectivity index (χ3n) is 6.21. The molecule has 2 aromatic rings. The monoisotopic (exact) mass is 296 g/mol. The van der Waals surface area contributed by atoms with Crippen LogP contribution in [-0.4, -0.2) is 35.1 Å². The van der Waals surface area contributed by atoms with Crippen LogP contribution in [0.25, 0.3) is 10.9 Å². The third-order valence-corrected chi connectivity index (χ3v) is 6.21. The summed E-state index contributed by atoms with van der Waals surface area (Å²) in [4.78, 5) is 14.6. The number of para-hydroxylation sites is 1. The van der Waals surface area contributed by atoms with Gasteiger partial charge in [-0.2, -0.15) is 0 Å². The van der Waals surface area contributed by atoms with Crippen LogP contribution in [-0.2, 0) is 23.0 Å². The van der Waals surface area contributed by atoms with Gasteiger partial charge < -0.3 is 9.30 Å². The lowest BCUT2D eigenvalue weighted by Gasteiger charge is -2.48. The number of rotatable bonds is 0. The number of aromatic nitrogens is 1. The Balaban J connectivity index is 1.73. The van der Waals surface area contributed by atoms with Gasteiger partial charge in [0.2, 0.25) is 0 Å². The van der Waals surface area contributed by atoms with Crippen molar-refractivity contribution in [3.8, 4) is 0 Å². The molecule has 4 nitrogen and oxygen atoms in total. The topological polar surface area (TPSA) is 34.5 Å². The zero-order chi connectivity index (χ0) is 15.0. The summed E-state index contributed by atoms with van der Waals surface area (Å²) in [6.07, 6.45) is 1.93. The standard InChI is InChI=1S/C18H20N2O2/c1-19-15-7-11-10-5-3-4-6-14(10)20(2)17(11)16(19)8-12-13(15)9-22-18(12)21/h3-6,12-13,15-16H,7-9H2,1-2H3/t12-,13-,15+,16-/m1/s1. The lowest BCUT2D eigenvalue weighted by atomic mass is 9.72. The maximum Gasteiger partial charge on any atom is 0.309 e. The van der Waals surface area contributed by atoms with E-state index < -0.39 is 0 Å². The van der Waals surface area contributed by atoms with E-state index in [2.05, 4.69) is 47.8 Å². The molecule has 3 aliphatic heterocycles. The number of benzene rings is 1. The highest BCUT2D eigenvalue weighted by Gasteiger charge is 2.52. The van der Waals surface area contributed by atoms with Gasteiger partial charge in [0.1, 0.15) is 0 Å². The number of hydrogen-bond acceptors (Lipinski definition) is 3. The summed E-state index contributed by atoms with van der Waals surface area (Å²) in [5.74, 6) is 0.480. The number of hydrogen-bond donors (Lipinski definition) is 0. The molecule has 2 bridgehead atoms. The van der Waals surface area contributed by atoms with Crippen molar-refractivity contribution in [2.75, 3.05) is 13.7 Å². The van der Waals surface area contributed by atoms with E-state index in [0.29, 0.717) is 24.6 Å². The number of piperidine rings is 1. The van der Waals surface area contributed by atoms with Gasteiger partial charge in [0, 0.05) is 35.6 Å². The molecule has 2 fully saturated rings. The van der Waals surface area contributed by atoms with Crippen LogP contribution in [0, 0.1) is 11.8 Å². The summed E-state index contributed by atoms with van der Waals surface area (Å²) in [6.45, 7) is 0.603. The van der Waals surface area contributed by atoms with Gasteiger partial charge in [-0.1, -0.05) is 18.2 Å². The van der Waals surface area contributed by atoms with Crippen LogP contribution in [0.1, 0.15) is 23.7 Å². The Hall–Kier alpha value is -1.81. The second-order valence-corrected chi connectivity index (χ2v) is 7.03. The fourth-order valence-corrected chi connectivity index (χ4v) is 5.11. The Bertz CT molecular complexity index is 794. The van der Waals surface area contributed by atoms with E-state index in [9.17, 15) is 4.79 Å². The summed E-state index contributed by atoms with van der Waals surface area (Å²) < 4.78 is 7.71. The van der Waals surface area contributed by atoms with Crippen LogP contribution in [0.5, 0.6) is 0 Å². The van der Waals surface area contributed by atoms with Crippen molar-refractivity contribution in [3.05, 3.63) is 35.5 Å². The molecular weight excluding hydrogens is 276 g/mol. The number of likely N-dealkylation sites (N-methyl/N-ethyl adjacent to an activating group) is 1. The first-order valence-corrected chi connectivity index (χ1v) is 8.11. The van der Waals surface area contributed by atoms with Gasteiger partial charge in [-0.3, -0.25) is 9.69 Å². The Morgan fingerprint density at radius 3 is 2.91 bits per heavy atom. The predicted molar refractivity (Wildman–Crippen MR) is 83.5 cm³/mol. The zero-order valence-corrected chi connectivity index (χ0v) is 13.0. The normalized spacial score (nSPS) is 33.6. The first kappa shape index (κ1) is 12.7. The van der Waals surface area contributed by atoms with E-state index in [1.165, 1.54) is 22.2 Å². The molecule has 3 aliphatic rings. The molecule has 4 heteroatoms. The molecule has 22 heavy (non-hydrogen) atoms. The average Bonchev–Trinajstić information content (AvgIpc) is 3.00. The molecule has 4 heterocycles. The second-order valence-electron chi connectivity index (χ2n) is 7.03. The van der Waals surface area contributed by atoms with Crippen molar-refractivity contribution in [2.24, 2.45) is 18.9 Å². The second kappa shape index (κ2) is 4.13. The summed E-state index contributed by atoms with van der Waals surface area (Å²) in [5.41, 5.74) is 4.20. The SMILES string of the molecule is CN1[C@@H]2C[C@H]3C(=O)OC[C@H]3[C@@H]1Cc1c2n(C)c2ccccc12. The van der Waals surface area contributed by atoms with Crippen molar-refractivity contribution < 1.29 is 9.53 Å².